The molecular weight excluding hydrogens is 280 g/mol. The summed E-state index contributed by atoms with van der Waals surface area (Å²) in [6, 6.07) is 4.78. The van der Waals surface area contributed by atoms with E-state index in [0.717, 1.165) is 5.56 Å². The number of carbonyl (C=O) groups is 2. The van der Waals surface area contributed by atoms with E-state index in [1.165, 1.54) is 19.2 Å². The van der Waals surface area contributed by atoms with Crippen molar-refractivity contribution in [1.82, 2.24) is 5.32 Å². The molecule has 0 heterocycles. The summed E-state index contributed by atoms with van der Waals surface area (Å²) in [5.41, 5.74) is 6.59. The normalized spacial score (nSPS) is 13.3. The lowest BCUT2D eigenvalue weighted by atomic mass is 10.1. The molecule has 0 saturated carbocycles. The monoisotopic (exact) mass is 298 g/mol. The molecule has 0 radical (unpaired) electrons. The van der Waals surface area contributed by atoms with Crippen LogP contribution in [-0.2, 0) is 20.7 Å². The van der Waals surface area contributed by atoms with Gasteiger partial charge in [0.2, 0.25) is 5.91 Å². The van der Waals surface area contributed by atoms with Gasteiger partial charge in [-0.3, -0.25) is 4.79 Å². The Labute approximate surface area is 122 Å². The average Bonchev–Trinajstić information content (AvgIpc) is 2.45. The van der Waals surface area contributed by atoms with Crippen molar-refractivity contribution in [2.24, 2.45) is 5.73 Å². The first kappa shape index (κ1) is 16.3. The van der Waals surface area contributed by atoms with E-state index in [4.69, 9.17) is 10.8 Å². The largest absolute Gasteiger partial charge is 0.508 e. The number of hydrogen-bond donors (Lipinski definition) is 4. The number of methoxy groups -OCH3 is 1. The van der Waals surface area contributed by atoms with Crippen LogP contribution in [0.1, 0.15) is 5.56 Å². The van der Waals surface area contributed by atoms with Crippen molar-refractivity contribution in [3.8, 4) is 5.75 Å². The van der Waals surface area contributed by atoms with Crippen molar-refractivity contribution in [1.29, 1.82) is 0 Å². The van der Waals surface area contributed by atoms with Crippen molar-refractivity contribution in [3.05, 3.63) is 29.8 Å². The zero-order valence-electron chi connectivity index (χ0n) is 11.1. The summed E-state index contributed by atoms with van der Waals surface area (Å²) in [7, 11) is 1.24. The summed E-state index contributed by atoms with van der Waals surface area (Å²) in [5, 5.41) is 11.7. The highest BCUT2D eigenvalue weighted by molar-refractivity contribution is 7.80. The molecule has 4 N–H and O–H groups in total. The highest BCUT2D eigenvalue weighted by Gasteiger charge is 2.23. The number of phenolic OH excluding ortho intramolecular Hbond substituents is 1. The van der Waals surface area contributed by atoms with E-state index in [-0.39, 0.29) is 11.5 Å². The third kappa shape index (κ3) is 4.75. The summed E-state index contributed by atoms with van der Waals surface area (Å²) in [4.78, 5) is 23.2. The van der Waals surface area contributed by atoms with Gasteiger partial charge in [0.15, 0.2) is 0 Å². The zero-order valence-corrected chi connectivity index (χ0v) is 12.0. The fraction of sp³-hybridized carbons (Fsp3) is 0.385. The molecule has 0 saturated heterocycles. The van der Waals surface area contributed by atoms with E-state index in [1.807, 2.05) is 0 Å². The van der Waals surface area contributed by atoms with Crippen LogP contribution in [0.4, 0.5) is 0 Å². The molecule has 7 heteroatoms. The predicted octanol–water partition coefficient (Wildman–Crippen LogP) is -0.150. The number of hydrogen-bond acceptors (Lipinski definition) is 6. The van der Waals surface area contributed by atoms with Crippen LogP contribution in [0.2, 0.25) is 0 Å². The van der Waals surface area contributed by atoms with Crippen molar-refractivity contribution >= 4 is 24.5 Å². The van der Waals surface area contributed by atoms with E-state index in [0.29, 0.717) is 6.42 Å². The first-order valence-electron chi connectivity index (χ1n) is 6.00. The van der Waals surface area contributed by atoms with Gasteiger partial charge in [-0.2, -0.15) is 12.6 Å². The number of rotatable bonds is 6. The van der Waals surface area contributed by atoms with Crippen molar-refractivity contribution in [2.45, 2.75) is 18.5 Å². The van der Waals surface area contributed by atoms with Crippen LogP contribution in [0, 0.1) is 0 Å². The molecule has 6 nitrogen and oxygen atoms in total. The van der Waals surface area contributed by atoms with Crippen LogP contribution in [0.3, 0.4) is 0 Å². The number of nitrogens with two attached hydrogens (primary N) is 1. The average molecular weight is 298 g/mol. The molecule has 0 fully saturated rings. The Morgan fingerprint density at radius 3 is 2.50 bits per heavy atom. The molecule has 0 aliphatic heterocycles. The second-order valence-electron chi connectivity index (χ2n) is 4.24. The highest BCUT2D eigenvalue weighted by atomic mass is 32.1. The standard InChI is InChI=1S/C13H18N2O4S/c1-19-13(18)11(7-20)15-12(17)10(14)6-8-2-4-9(16)5-3-8/h2-5,10-11,16,20H,6-7,14H2,1H3,(H,15,17). The SMILES string of the molecule is COC(=O)C(CS)NC(=O)C(N)Cc1ccc(O)cc1. The number of benzene rings is 1. The molecule has 110 valence electrons. The molecule has 0 aliphatic rings. The Bertz CT molecular complexity index is 464. The predicted molar refractivity (Wildman–Crippen MR) is 77.6 cm³/mol. The van der Waals surface area contributed by atoms with Gasteiger partial charge in [-0.25, -0.2) is 4.79 Å². The number of aromatic hydroxyl groups is 1. The maximum Gasteiger partial charge on any atom is 0.329 e. The van der Waals surface area contributed by atoms with Gasteiger partial charge in [0.25, 0.3) is 0 Å². The molecule has 0 aliphatic carbocycles. The molecule has 0 aromatic heterocycles. The molecule has 2 unspecified atom stereocenters. The second kappa shape index (κ2) is 7.76. The first-order valence-corrected chi connectivity index (χ1v) is 6.63. The minimum atomic E-state index is -0.818. The van der Waals surface area contributed by atoms with Crippen molar-refractivity contribution < 1.29 is 19.4 Å². The summed E-state index contributed by atoms with van der Waals surface area (Å²) in [6.07, 6.45) is 0.298. The van der Waals surface area contributed by atoms with Gasteiger partial charge < -0.3 is 20.9 Å². The van der Waals surface area contributed by atoms with E-state index in [2.05, 4.69) is 22.7 Å². The minimum absolute atomic E-state index is 0.129. The number of carbonyl (C=O) groups excluding carboxylic acids is 2. The third-order valence-corrected chi connectivity index (χ3v) is 3.08. The Balaban J connectivity index is 2.58. The minimum Gasteiger partial charge on any atom is -0.508 e. The van der Waals surface area contributed by atoms with Crippen LogP contribution in [-0.4, -0.2) is 41.9 Å². The van der Waals surface area contributed by atoms with Crippen LogP contribution in [0.5, 0.6) is 5.75 Å². The summed E-state index contributed by atoms with van der Waals surface area (Å²) < 4.78 is 4.54. The van der Waals surface area contributed by atoms with E-state index >= 15 is 0 Å². The molecular formula is C13H18N2O4S. The van der Waals surface area contributed by atoms with E-state index in [1.54, 1.807) is 12.1 Å². The Hall–Kier alpha value is -1.73. The van der Waals surface area contributed by atoms with Crippen LogP contribution >= 0.6 is 12.6 Å². The maximum absolute atomic E-state index is 11.9. The van der Waals surface area contributed by atoms with Gasteiger partial charge in [-0.1, -0.05) is 12.1 Å². The van der Waals surface area contributed by atoms with E-state index in [9.17, 15) is 9.59 Å². The van der Waals surface area contributed by atoms with Gasteiger partial charge in [0, 0.05) is 5.75 Å². The quantitative estimate of drug-likeness (QED) is 0.432. The summed E-state index contributed by atoms with van der Waals surface area (Å²) in [6.45, 7) is 0. The number of ether oxygens (including phenoxy) is 1. The first-order chi connectivity index (χ1) is 9.47. The van der Waals surface area contributed by atoms with Crippen molar-refractivity contribution in [3.63, 3.8) is 0 Å². The lowest BCUT2D eigenvalue weighted by molar-refractivity contribution is -0.144. The summed E-state index contributed by atoms with van der Waals surface area (Å²) >= 11 is 3.98. The topological polar surface area (TPSA) is 102 Å². The number of nitrogens with one attached hydrogen (secondary N) is 1. The smallest absolute Gasteiger partial charge is 0.329 e. The Morgan fingerprint density at radius 2 is 2.00 bits per heavy atom. The Morgan fingerprint density at radius 1 is 1.40 bits per heavy atom. The molecule has 0 spiro atoms. The number of esters is 1. The van der Waals surface area contributed by atoms with Gasteiger partial charge in [0.1, 0.15) is 11.8 Å². The fourth-order valence-corrected chi connectivity index (χ4v) is 1.82. The van der Waals surface area contributed by atoms with Crippen LogP contribution in [0.15, 0.2) is 24.3 Å². The number of thiol groups is 1. The van der Waals surface area contributed by atoms with Crippen LogP contribution < -0.4 is 11.1 Å². The fourth-order valence-electron chi connectivity index (χ4n) is 1.58. The molecule has 1 aromatic carbocycles. The number of amides is 1. The third-order valence-electron chi connectivity index (χ3n) is 2.71. The van der Waals surface area contributed by atoms with Gasteiger partial charge in [0.05, 0.1) is 13.2 Å². The van der Waals surface area contributed by atoms with Gasteiger partial charge in [-0.15, -0.1) is 0 Å². The van der Waals surface area contributed by atoms with Gasteiger partial charge in [-0.05, 0) is 24.1 Å². The second-order valence-corrected chi connectivity index (χ2v) is 4.61. The van der Waals surface area contributed by atoms with Gasteiger partial charge >= 0.3 is 5.97 Å². The molecule has 20 heavy (non-hydrogen) atoms. The van der Waals surface area contributed by atoms with E-state index < -0.39 is 24.0 Å². The lowest BCUT2D eigenvalue weighted by Crippen LogP contribution is -2.50. The Kier molecular flexibility index (Phi) is 6.33. The maximum atomic E-state index is 11.9. The molecule has 1 amide bonds. The van der Waals surface area contributed by atoms with Crippen LogP contribution in [0.25, 0.3) is 0 Å². The lowest BCUT2D eigenvalue weighted by Gasteiger charge is -2.17. The zero-order chi connectivity index (χ0) is 15.1. The summed E-state index contributed by atoms with van der Waals surface area (Å²) in [5.74, 6) is -0.745. The molecule has 0 bridgehead atoms. The molecule has 2 atom stereocenters. The van der Waals surface area contributed by atoms with Crippen molar-refractivity contribution in [2.75, 3.05) is 12.9 Å². The molecule has 1 rings (SSSR count). The highest BCUT2D eigenvalue weighted by Crippen LogP contribution is 2.11. The molecule has 1 aromatic rings. The number of phenols is 1.